The first-order chi connectivity index (χ1) is 10.9. The van der Waals surface area contributed by atoms with Crippen LogP contribution in [0.5, 0.6) is 5.75 Å². The molecule has 2 unspecified atom stereocenters. The molecule has 0 aliphatic heterocycles. The number of benzene rings is 1. The van der Waals surface area contributed by atoms with Gasteiger partial charge in [-0.2, -0.15) is 0 Å². The van der Waals surface area contributed by atoms with E-state index in [2.05, 4.69) is 5.32 Å². The molecule has 0 spiro atoms. The number of methoxy groups -OCH3 is 1. The van der Waals surface area contributed by atoms with Crippen LogP contribution in [0.1, 0.15) is 36.6 Å². The summed E-state index contributed by atoms with van der Waals surface area (Å²) in [6.45, 7) is 3.92. The minimum Gasteiger partial charge on any atom is -0.497 e. The van der Waals surface area contributed by atoms with Crippen LogP contribution in [-0.2, 0) is 10.4 Å². The smallest absolute Gasteiger partial charge is 0.220 e. The van der Waals surface area contributed by atoms with Gasteiger partial charge in [-0.15, -0.1) is 11.3 Å². The zero-order valence-electron chi connectivity index (χ0n) is 13.7. The van der Waals surface area contributed by atoms with Crippen molar-refractivity contribution in [2.45, 2.75) is 31.8 Å². The van der Waals surface area contributed by atoms with Gasteiger partial charge in [0.2, 0.25) is 5.91 Å². The van der Waals surface area contributed by atoms with Crippen molar-refractivity contribution in [2.24, 2.45) is 0 Å². The van der Waals surface area contributed by atoms with E-state index in [0.717, 1.165) is 16.2 Å². The Morgan fingerprint density at radius 3 is 2.83 bits per heavy atom. The molecule has 2 rings (SSSR count). The first-order valence-electron chi connectivity index (χ1n) is 7.59. The van der Waals surface area contributed by atoms with E-state index in [9.17, 15) is 9.90 Å². The molecule has 0 radical (unpaired) electrons. The molecule has 2 atom stereocenters. The van der Waals surface area contributed by atoms with Gasteiger partial charge in [0, 0.05) is 11.3 Å². The third-order valence-electron chi connectivity index (χ3n) is 3.84. The van der Waals surface area contributed by atoms with Crippen molar-refractivity contribution >= 4 is 17.2 Å². The van der Waals surface area contributed by atoms with Crippen LogP contribution in [0, 0.1) is 0 Å². The lowest BCUT2D eigenvalue weighted by Gasteiger charge is -2.23. The summed E-state index contributed by atoms with van der Waals surface area (Å²) >= 11 is 1.48. The second-order valence-electron chi connectivity index (χ2n) is 5.91. The fourth-order valence-corrected chi connectivity index (χ4v) is 3.15. The summed E-state index contributed by atoms with van der Waals surface area (Å²) in [5, 5.41) is 15.2. The summed E-state index contributed by atoms with van der Waals surface area (Å²) in [4.78, 5) is 13.0. The van der Waals surface area contributed by atoms with Gasteiger partial charge in [0.15, 0.2) is 0 Å². The molecule has 0 fully saturated rings. The monoisotopic (exact) mass is 333 g/mol. The maximum absolute atomic E-state index is 12.1. The number of rotatable bonds is 7. The Kier molecular flexibility index (Phi) is 5.80. The van der Waals surface area contributed by atoms with Crippen LogP contribution in [0.4, 0.5) is 0 Å². The van der Waals surface area contributed by atoms with Gasteiger partial charge in [0.05, 0.1) is 13.7 Å². The molecule has 2 N–H and O–H groups in total. The number of nitrogens with one attached hydrogen (secondary N) is 1. The summed E-state index contributed by atoms with van der Waals surface area (Å²) in [6.07, 6.45) is 0.369. The molecule has 1 amide bonds. The maximum atomic E-state index is 12.1. The van der Waals surface area contributed by atoms with E-state index in [4.69, 9.17) is 4.74 Å². The molecule has 124 valence electrons. The second kappa shape index (κ2) is 7.62. The molecule has 5 heteroatoms. The number of carbonyl (C=O) groups is 1. The van der Waals surface area contributed by atoms with Gasteiger partial charge < -0.3 is 15.2 Å². The van der Waals surface area contributed by atoms with Gasteiger partial charge in [-0.3, -0.25) is 4.79 Å². The molecule has 0 bridgehead atoms. The van der Waals surface area contributed by atoms with Crippen molar-refractivity contribution in [3.8, 4) is 5.75 Å². The molecule has 1 heterocycles. The number of carbonyl (C=O) groups excluding carboxylic acids is 1. The van der Waals surface area contributed by atoms with Crippen molar-refractivity contribution in [2.75, 3.05) is 13.7 Å². The van der Waals surface area contributed by atoms with Crippen LogP contribution in [0.25, 0.3) is 0 Å². The summed E-state index contributed by atoms with van der Waals surface area (Å²) in [6, 6.07) is 11.5. The lowest BCUT2D eigenvalue weighted by Crippen LogP contribution is -2.38. The summed E-state index contributed by atoms with van der Waals surface area (Å²) in [5.74, 6) is 0.796. The van der Waals surface area contributed by atoms with Crippen molar-refractivity contribution in [1.82, 2.24) is 5.32 Å². The molecule has 23 heavy (non-hydrogen) atoms. The van der Waals surface area contributed by atoms with E-state index in [1.165, 1.54) is 11.3 Å². The molecule has 0 aliphatic rings. The van der Waals surface area contributed by atoms with Crippen LogP contribution in [0.3, 0.4) is 0 Å². The van der Waals surface area contributed by atoms with E-state index in [1.54, 1.807) is 14.0 Å². The molecule has 0 saturated heterocycles. The minimum absolute atomic E-state index is 0.0721. The largest absolute Gasteiger partial charge is 0.497 e. The Hall–Kier alpha value is -1.85. The summed E-state index contributed by atoms with van der Waals surface area (Å²) < 4.78 is 5.21. The number of hydrogen-bond donors (Lipinski definition) is 2. The van der Waals surface area contributed by atoms with Gasteiger partial charge >= 0.3 is 0 Å². The lowest BCUT2D eigenvalue weighted by atomic mass is 9.97. The molecule has 2 aromatic rings. The van der Waals surface area contributed by atoms with Gasteiger partial charge in [-0.05, 0) is 42.0 Å². The molecule has 1 aromatic heterocycles. The highest BCUT2D eigenvalue weighted by Crippen LogP contribution is 2.25. The van der Waals surface area contributed by atoms with Crippen molar-refractivity contribution < 1.29 is 14.6 Å². The first kappa shape index (κ1) is 17.5. The van der Waals surface area contributed by atoms with E-state index < -0.39 is 5.60 Å². The number of ether oxygens (including phenoxy) is 1. The number of hydrogen-bond acceptors (Lipinski definition) is 4. The average Bonchev–Trinajstić information content (AvgIpc) is 3.08. The van der Waals surface area contributed by atoms with Gasteiger partial charge in [0.25, 0.3) is 0 Å². The fourth-order valence-electron chi connectivity index (χ4n) is 2.36. The minimum atomic E-state index is -1.04. The highest BCUT2D eigenvalue weighted by Gasteiger charge is 2.25. The zero-order chi connectivity index (χ0) is 16.9. The van der Waals surface area contributed by atoms with E-state index in [0.29, 0.717) is 6.42 Å². The van der Waals surface area contributed by atoms with E-state index in [-0.39, 0.29) is 18.4 Å². The standard InChI is InChI=1S/C18H23NO3S/c1-13(14-6-4-7-15(11-14)22-3)10-17(20)19-12-18(2,21)16-8-5-9-23-16/h4-9,11,13,21H,10,12H2,1-3H3,(H,19,20). The average molecular weight is 333 g/mol. The summed E-state index contributed by atoms with van der Waals surface area (Å²) in [7, 11) is 1.63. The second-order valence-corrected chi connectivity index (χ2v) is 6.86. The molecule has 1 aromatic carbocycles. The van der Waals surface area contributed by atoms with Crippen LogP contribution in [-0.4, -0.2) is 24.7 Å². The number of thiophene rings is 1. The topological polar surface area (TPSA) is 58.6 Å². The first-order valence-corrected chi connectivity index (χ1v) is 8.47. The normalized spacial score (nSPS) is 14.8. The Balaban J connectivity index is 1.89. The quantitative estimate of drug-likeness (QED) is 0.817. The highest BCUT2D eigenvalue weighted by atomic mass is 32.1. The SMILES string of the molecule is COc1cccc(C(C)CC(=O)NCC(C)(O)c2cccs2)c1. The van der Waals surface area contributed by atoms with E-state index >= 15 is 0 Å². The van der Waals surface area contributed by atoms with Crippen LogP contribution in [0.15, 0.2) is 41.8 Å². The predicted molar refractivity (Wildman–Crippen MR) is 92.9 cm³/mol. The number of aliphatic hydroxyl groups is 1. The maximum Gasteiger partial charge on any atom is 0.220 e. The molecular formula is C18H23NO3S. The highest BCUT2D eigenvalue weighted by molar-refractivity contribution is 7.10. The number of amides is 1. The van der Waals surface area contributed by atoms with Gasteiger partial charge in [0.1, 0.15) is 11.4 Å². The third kappa shape index (κ3) is 4.81. The van der Waals surface area contributed by atoms with Crippen molar-refractivity contribution in [1.29, 1.82) is 0 Å². The van der Waals surface area contributed by atoms with Gasteiger partial charge in [-0.1, -0.05) is 25.1 Å². The van der Waals surface area contributed by atoms with Crippen LogP contribution >= 0.6 is 11.3 Å². The van der Waals surface area contributed by atoms with E-state index in [1.807, 2.05) is 48.7 Å². The van der Waals surface area contributed by atoms with Crippen molar-refractivity contribution in [3.63, 3.8) is 0 Å². The molecular weight excluding hydrogens is 310 g/mol. The Morgan fingerprint density at radius 2 is 2.17 bits per heavy atom. The van der Waals surface area contributed by atoms with Gasteiger partial charge in [-0.25, -0.2) is 0 Å². The predicted octanol–water partition coefficient (Wildman–Crippen LogP) is 3.27. The fraction of sp³-hybridized carbons (Fsp3) is 0.389. The molecule has 0 saturated carbocycles. The van der Waals surface area contributed by atoms with Crippen molar-refractivity contribution in [3.05, 3.63) is 52.2 Å². The Bertz CT molecular complexity index is 637. The molecule has 0 aliphatic carbocycles. The Morgan fingerprint density at radius 1 is 1.39 bits per heavy atom. The zero-order valence-corrected chi connectivity index (χ0v) is 14.5. The molecule has 4 nitrogen and oxygen atoms in total. The summed E-state index contributed by atoms with van der Waals surface area (Å²) in [5.41, 5.74) is 0.0211. The Labute approximate surface area is 141 Å². The lowest BCUT2D eigenvalue weighted by molar-refractivity contribution is -0.122. The third-order valence-corrected chi connectivity index (χ3v) is 4.96. The van der Waals surface area contributed by atoms with Crippen LogP contribution < -0.4 is 10.1 Å². The van der Waals surface area contributed by atoms with Crippen LogP contribution in [0.2, 0.25) is 0 Å².